The molecule has 0 fully saturated rings. The van der Waals surface area contributed by atoms with Crippen LogP contribution in [0, 0.1) is 12.8 Å². The number of hydrogen-bond acceptors (Lipinski definition) is 2. The van der Waals surface area contributed by atoms with Gasteiger partial charge in [0.15, 0.2) is 0 Å². The Hall–Kier alpha value is -0.840. The Kier molecular flexibility index (Phi) is 3.31. The lowest BCUT2D eigenvalue weighted by Gasteiger charge is -2.13. The van der Waals surface area contributed by atoms with E-state index in [0.717, 1.165) is 10.2 Å². The topological polar surface area (TPSA) is 66.0 Å². The molecule has 1 rings (SSSR count). The van der Waals surface area contributed by atoms with Crippen molar-refractivity contribution in [3.05, 3.63) is 15.9 Å². The fourth-order valence-corrected chi connectivity index (χ4v) is 1.78. The minimum absolute atomic E-state index is 0.0199. The highest BCUT2D eigenvalue weighted by Gasteiger charge is 2.28. The zero-order valence-corrected chi connectivity index (χ0v) is 9.92. The third-order valence-electron chi connectivity index (χ3n) is 2.13. The molecule has 0 saturated carbocycles. The molecule has 78 valence electrons. The zero-order chi connectivity index (χ0) is 10.9. The van der Waals surface area contributed by atoms with E-state index in [1.165, 1.54) is 0 Å². The lowest BCUT2D eigenvalue weighted by atomic mass is 9.93. The van der Waals surface area contributed by atoms with E-state index in [1.54, 1.807) is 0 Å². The first-order valence-corrected chi connectivity index (χ1v) is 5.17. The highest BCUT2D eigenvalue weighted by Crippen LogP contribution is 2.30. The first-order valence-electron chi connectivity index (χ1n) is 4.38. The van der Waals surface area contributed by atoms with Crippen molar-refractivity contribution < 1.29 is 9.90 Å². The second-order valence-electron chi connectivity index (χ2n) is 3.61. The SMILES string of the molecule is Cc1[nH]nc(C(C(=O)O)C(C)C)c1Br. The van der Waals surface area contributed by atoms with Crippen molar-refractivity contribution in [1.29, 1.82) is 0 Å². The Bertz CT molecular complexity index is 347. The third-order valence-corrected chi connectivity index (χ3v) is 3.13. The molecule has 0 aliphatic carbocycles. The van der Waals surface area contributed by atoms with E-state index in [1.807, 2.05) is 20.8 Å². The van der Waals surface area contributed by atoms with Crippen molar-refractivity contribution in [1.82, 2.24) is 10.2 Å². The Morgan fingerprint density at radius 1 is 1.57 bits per heavy atom. The first kappa shape index (κ1) is 11.2. The highest BCUT2D eigenvalue weighted by atomic mass is 79.9. The molecule has 0 bridgehead atoms. The maximum absolute atomic E-state index is 11.0. The molecule has 1 aromatic heterocycles. The summed E-state index contributed by atoms with van der Waals surface area (Å²) in [6, 6.07) is 0. The normalized spacial score (nSPS) is 13.2. The predicted octanol–water partition coefficient (Wildman–Crippen LogP) is 2.30. The van der Waals surface area contributed by atoms with E-state index < -0.39 is 11.9 Å². The van der Waals surface area contributed by atoms with Gasteiger partial charge in [0, 0.05) is 5.69 Å². The maximum Gasteiger partial charge on any atom is 0.312 e. The molecule has 1 unspecified atom stereocenters. The van der Waals surface area contributed by atoms with Gasteiger partial charge in [-0.3, -0.25) is 9.89 Å². The van der Waals surface area contributed by atoms with Crippen LogP contribution in [0.2, 0.25) is 0 Å². The molecule has 0 aliphatic heterocycles. The van der Waals surface area contributed by atoms with Gasteiger partial charge in [-0.05, 0) is 28.8 Å². The molecule has 14 heavy (non-hydrogen) atoms. The van der Waals surface area contributed by atoms with Crippen LogP contribution in [0.1, 0.15) is 31.2 Å². The predicted molar refractivity (Wildman–Crippen MR) is 56.2 cm³/mol. The van der Waals surface area contributed by atoms with Crippen molar-refractivity contribution in [3.63, 3.8) is 0 Å². The van der Waals surface area contributed by atoms with Crippen LogP contribution in [0.5, 0.6) is 0 Å². The van der Waals surface area contributed by atoms with Gasteiger partial charge in [0.25, 0.3) is 0 Å². The lowest BCUT2D eigenvalue weighted by Crippen LogP contribution is -2.18. The average Bonchev–Trinajstić information content (AvgIpc) is 2.35. The summed E-state index contributed by atoms with van der Waals surface area (Å²) in [7, 11) is 0. The number of aromatic amines is 1. The van der Waals surface area contributed by atoms with E-state index in [0.29, 0.717) is 5.69 Å². The fraction of sp³-hybridized carbons (Fsp3) is 0.556. The number of halogens is 1. The second-order valence-corrected chi connectivity index (χ2v) is 4.40. The molecule has 5 heteroatoms. The van der Waals surface area contributed by atoms with Crippen LogP contribution in [0.3, 0.4) is 0 Å². The van der Waals surface area contributed by atoms with E-state index in [4.69, 9.17) is 5.11 Å². The number of nitrogens with zero attached hydrogens (tertiary/aromatic N) is 1. The Balaban J connectivity index is 3.12. The molecule has 2 N–H and O–H groups in total. The Morgan fingerprint density at radius 3 is 2.43 bits per heavy atom. The molecule has 0 saturated heterocycles. The summed E-state index contributed by atoms with van der Waals surface area (Å²) in [5, 5.41) is 15.8. The van der Waals surface area contributed by atoms with Crippen LogP contribution in [0.25, 0.3) is 0 Å². The number of rotatable bonds is 3. The molecule has 0 spiro atoms. The van der Waals surface area contributed by atoms with Gasteiger partial charge >= 0.3 is 5.97 Å². The summed E-state index contributed by atoms with van der Waals surface area (Å²) in [5.41, 5.74) is 1.43. The lowest BCUT2D eigenvalue weighted by molar-refractivity contribution is -0.140. The highest BCUT2D eigenvalue weighted by molar-refractivity contribution is 9.10. The molecule has 0 radical (unpaired) electrons. The van der Waals surface area contributed by atoms with Gasteiger partial charge in [-0.1, -0.05) is 13.8 Å². The van der Waals surface area contributed by atoms with Gasteiger partial charge < -0.3 is 5.11 Å². The maximum atomic E-state index is 11.0. The van der Waals surface area contributed by atoms with Crippen LogP contribution >= 0.6 is 15.9 Å². The Labute approximate surface area is 90.8 Å². The summed E-state index contributed by atoms with van der Waals surface area (Å²) in [5.74, 6) is -1.38. The number of carbonyl (C=O) groups is 1. The van der Waals surface area contributed by atoms with Crippen LogP contribution < -0.4 is 0 Å². The van der Waals surface area contributed by atoms with Gasteiger partial charge in [-0.15, -0.1) is 0 Å². The van der Waals surface area contributed by atoms with Crippen molar-refractivity contribution in [2.75, 3.05) is 0 Å². The number of hydrogen-bond donors (Lipinski definition) is 2. The average molecular weight is 261 g/mol. The smallest absolute Gasteiger partial charge is 0.312 e. The largest absolute Gasteiger partial charge is 0.481 e. The second kappa shape index (κ2) is 4.13. The Morgan fingerprint density at radius 2 is 2.14 bits per heavy atom. The minimum Gasteiger partial charge on any atom is -0.481 e. The van der Waals surface area contributed by atoms with Crippen molar-refractivity contribution in [2.24, 2.45) is 5.92 Å². The standard InChI is InChI=1S/C9H13BrN2O2/c1-4(2)6(9(13)14)8-7(10)5(3)11-12-8/h4,6H,1-3H3,(H,11,12)(H,13,14). The van der Waals surface area contributed by atoms with Gasteiger partial charge in [-0.25, -0.2) is 0 Å². The quantitative estimate of drug-likeness (QED) is 0.877. The van der Waals surface area contributed by atoms with E-state index >= 15 is 0 Å². The summed E-state index contributed by atoms with van der Waals surface area (Å²) in [6.45, 7) is 5.59. The molecule has 0 aliphatic rings. The first-order chi connectivity index (χ1) is 6.45. The fourth-order valence-electron chi connectivity index (χ4n) is 1.36. The number of aliphatic carboxylic acids is 1. The van der Waals surface area contributed by atoms with Crippen molar-refractivity contribution >= 4 is 21.9 Å². The summed E-state index contributed by atoms with van der Waals surface area (Å²) in [6.07, 6.45) is 0. The van der Waals surface area contributed by atoms with E-state index in [2.05, 4.69) is 26.1 Å². The summed E-state index contributed by atoms with van der Waals surface area (Å²) < 4.78 is 0.763. The molecular formula is C9H13BrN2O2. The van der Waals surface area contributed by atoms with Crippen LogP contribution in [0.15, 0.2) is 4.47 Å². The zero-order valence-electron chi connectivity index (χ0n) is 8.34. The number of nitrogens with one attached hydrogen (secondary N) is 1. The van der Waals surface area contributed by atoms with Crippen LogP contribution in [-0.2, 0) is 4.79 Å². The van der Waals surface area contributed by atoms with Crippen molar-refractivity contribution in [3.8, 4) is 0 Å². The van der Waals surface area contributed by atoms with Crippen LogP contribution in [-0.4, -0.2) is 21.3 Å². The molecule has 1 atom stereocenters. The number of carboxylic acid groups (broad SMARTS) is 1. The molecule has 0 aromatic carbocycles. The summed E-state index contributed by atoms with van der Waals surface area (Å²) >= 11 is 3.33. The molecule has 0 amide bonds. The minimum atomic E-state index is -0.841. The van der Waals surface area contributed by atoms with Gasteiger partial charge in [0.05, 0.1) is 10.2 Å². The third kappa shape index (κ3) is 1.97. The van der Waals surface area contributed by atoms with Gasteiger partial charge in [-0.2, -0.15) is 5.10 Å². The molecular weight excluding hydrogens is 248 g/mol. The number of H-pyrrole nitrogens is 1. The van der Waals surface area contributed by atoms with Crippen LogP contribution in [0.4, 0.5) is 0 Å². The molecule has 1 heterocycles. The van der Waals surface area contributed by atoms with Crippen molar-refractivity contribution in [2.45, 2.75) is 26.7 Å². The monoisotopic (exact) mass is 260 g/mol. The molecule has 1 aromatic rings. The van der Waals surface area contributed by atoms with Gasteiger partial charge in [0.1, 0.15) is 5.92 Å². The number of carboxylic acids is 1. The van der Waals surface area contributed by atoms with Gasteiger partial charge in [0.2, 0.25) is 0 Å². The number of aryl methyl sites for hydroxylation is 1. The van der Waals surface area contributed by atoms with E-state index in [9.17, 15) is 4.79 Å². The van der Waals surface area contributed by atoms with E-state index in [-0.39, 0.29) is 5.92 Å². The summed E-state index contributed by atoms with van der Waals surface area (Å²) in [4.78, 5) is 11.0. The molecule has 4 nitrogen and oxygen atoms in total. The number of aromatic nitrogens is 2.